The van der Waals surface area contributed by atoms with E-state index in [0.29, 0.717) is 0 Å². The number of hydrogen-bond acceptors (Lipinski definition) is 3. The summed E-state index contributed by atoms with van der Waals surface area (Å²) in [5.74, 6) is -0.0587. The van der Waals surface area contributed by atoms with Crippen LogP contribution in [-0.4, -0.2) is 5.91 Å². The van der Waals surface area contributed by atoms with Crippen molar-refractivity contribution in [3.63, 3.8) is 0 Å². The van der Waals surface area contributed by atoms with Crippen LogP contribution in [0.2, 0.25) is 0 Å². The zero-order chi connectivity index (χ0) is 13.8. The first-order valence-electron chi connectivity index (χ1n) is 5.93. The highest BCUT2D eigenvalue weighted by atomic mass is 79.9. The molecule has 1 heterocycles. The van der Waals surface area contributed by atoms with E-state index in [1.165, 1.54) is 11.8 Å². The average molecular weight is 339 g/mol. The van der Waals surface area contributed by atoms with E-state index in [0.717, 1.165) is 15.8 Å². The molecule has 2 aromatic rings. The molecule has 0 spiro atoms. The van der Waals surface area contributed by atoms with E-state index >= 15 is 0 Å². The molecule has 0 radical (unpaired) electrons. The molecule has 1 aromatic carbocycles. The number of thiophene rings is 1. The van der Waals surface area contributed by atoms with Crippen LogP contribution in [0.3, 0.4) is 0 Å². The number of halogens is 1. The van der Waals surface area contributed by atoms with Gasteiger partial charge in [0.05, 0.1) is 6.04 Å². The third-order valence-electron chi connectivity index (χ3n) is 2.63. The minimum Gasteiger partial charge on any atom is -0.378 e. The van der Waals surface area contributed by atoms with E-state index in [1.54, 1.807) is 11.3 Å². The van der Waals surface area contributed by atoms with E-state index in [-0.39, 0.29) is 11.9 Å². The van der Waals surface area contributed by atoms with Crippen LogP contribution in [0.5, 0.6) is 0 Å². The molecule has 100 valence electrons. The van der Waals surface area contributed by atoms with Crippen LogP contribution in [0, 0.1) is 0 Å². The fourth-order valence-corrected chi connectivity index (χ4v) is 3.51. The molecule has 1 atom stereocenters. The summed E-state index contributed by atoms with van der Waals surface area (Å²) < 4.78 is 1.13. The third kappa shape index (κ3) is 3.81. The van der Waals surface area contributed by atoms with Crippen molar-refractivity contribution in [2.24, 2.45) is 0 Å². The van der Waals surface area contributed by atoms with Gasteiger partial charge in [-0.15, -0.1) is 11.3 Å². The van der Waals surface area contributed by atoms with E-state index in [4.69, 9.17) is 0 Å². The zero-order valence-electron chi connectivity index (χ0n) is 10.7. The number of amides is 1. The fourth-order valence-electron chi connectivity index (χ4n) is 1.78. The highest BCUT2D eigenvalue weighted by molar-refractivity contribution is 9.10. The van der Waals surface area contributed by atoms with Crippen molar-refractivity contribution in [2.75, 3.05) is 10.6 Å². The van der Waals surface area contributed by atoms with E-state index in [9.17, 15) is 4.79 Å². The van der Waals surface area contributed by atoms with Crippen LogP contribution < -0.4 is 10.6 Å². The summed E-state index contributed by atoms with van der Waals surface area (Å²) in [7, 11) is 0. The number of hydrogen-bond donors (Lipinski definition) is 2. The topological polar surface area (TPSA) is 41.1 Å². The van der Waals surface area contributed by atoms with Crippen molar-refractivity contribution in [3.05, 3.63) is 45.1 Å². The summed E-state index contributed by atoms with van der Waals surface area (Å²) >= 11 is 5.26. The van der Waals surface area contributed by atoms with Gasteiger partial charge < -0.3 is 10.6 Å². The summed E-state index contributed by atoms with van der Waals surface area (Å²) in [5, 5.41) is 8.25. The van der Waals surface area contributed by atoms with Crippen molar-refractivity contribution in [1.29, 1.82) is 0 Å². The third-order valence-corrected chi connectivity index (χ3v) is 4.68. The Labute approximate surface area is 125 Å². The van der Waals surface area contributed by atoms with Crippen LogP contribution in [-0.2, 0) is 4.79 Å². The van der Waals surface area contributed by atoms with Gasteiger partial charge in [0, 0.05) is 27.6 Å². The molecule has 2 N–H and O–H groups in total. The summed E-state index contributed by atoms with van der Waals surface area (Å²) in [6, 6.07) is 9.99. The van der Waals surface area contributed by atoms with E-state index in [2.05, 4.69) is 44.9 Å². The highest BCUT2D eigenvalue weighted by Gasteiger charge is 2.10. The van der Waals surface area contributed by atoms with E-state index in [1.807, 2.05) is 24.3 Å². The minimum atomic E-state index is -0.0587. The second kappa shape index (κ2) is 6.21. The molecular weight excluding hydrogens is 324 g/mol. The Morgan fingerprint density at radius 1 is 1.21 bits per heavy atom. The molecule has 0 bridgehead atoms. The molecule has 19 heavy (non-hydrogen) atoms. The Bertz CT molecular complexity index is 565. The molecule has 0 fully saturated rings. The van der Waals surface area contributed by atoms with Crippen LogP contribution in [0.25, 0.3) is 0 Å². The smallest absolute Gasteiger partial charge is 0.221 e. The van der Waals surface area contributed by atoms with Gasteiger partial charge >= 0.3 is 0 Å². The summed E-state index contributed by atoms with van der Waals surface area (Å²) in [5.41, 5.74) is 1.84. The Hall–Kier alpha value is -1.33. The van der Waals surface area contributed by atoms with Gasteiger partial charge in [-0.3, -0.25) is 4.79 Å². The number of carbonyl (C=O) groups is 1. The van der Waals surface area contributed by atoms with E-state index < -0.39 is 0 Å². The van der Waals surface area contributed by atoms with Gasteiger partial charge in [0.1, 0.15) is 0 Å². The van der Waals surface area contributed by atoms with Gasteiger partial charge in [0.25, 0.3) is 0 Å². The lowest BCUT2D eigenvalue weighted by Crippen LogP contribution is -2.07. The maximum atomic E-state index is 10.9. The molecule has 2 rings (SSSR count). The van der Waals surface area contributed by atoms with Crippen molar-refractivity contribution in [2.45, 2.75) is 19.9 Å². The lowest BCUT2D eigenvalue weighted by molar-refractivity contribution is -0.114. The van der Waals surface area contributed by atoms with Crippen LogP contribution in [0.4, 0.5) is 11.4 Å². The summed E-state index contributed by atoms with van der Waals surface area (Å²) in [6.07, 6.45) is 0. The van der Waals surface area contributed by atoms with Crippen molar-refractivity contribution >= 4 is 44.5 Å². The molecular formula is C14H15BrN2OS. The maximum absolute atomic E-state index is 10.9. The first kappa shape index (κ1) is 14.1. The Balaban J connectivity index is 2.03. The number of carbonyl (C=O) groups excluding carboxylic acids is 1. The normalized spacial score (nSPS) is 11.9. The molecule has 0 aliphatic heterocycles. The lowest BCUT2D eigenvalue weighted by Gasteiger charge is -2.15. The SMILES string of the molecule is CC(=O)Nc1ccc(NC(C)c2sccc2Br)cc1. The summed E-state index contributed by atoms with van der Waals surface area (Å²) in [4.78, 5) is 12.2. The molecule has 0 aliphatic carbocycles. The van der Waals surface area contributed by atoms with Gasteiger partial charge in [-0.25, -0.2) is 0 Å². The van der Waals surface area contributed by atoms with Gasteiger partial charge in [0.2, 0.25) is 5.91 Å². The van der Waals surface area contributed by atoms with Gasteiger partial charge in [-0.2, -0.15) is 0 Å². The van der Waals surface area contributed by atoms with Crippen LogP contribution in [0.15, 0.2) is 40.2 Å². The standard InChI is InChI=1S/C14H15BrN2OS/c1-9(14-13(15)7-8-19-14)16-11-3-5-12(6-4-11)17-10(2)18/h3-9,16H,1-2H3,(H,17,18). The van der Waals surface area contributed by atoms with Crippen LogP contribution >= 0.6 is 27.3 Å². The number of nitrogens with one attached hydrogen (secondary N) is 2. The van der Waals surface area contributed by atoms with Crippen LogP contribution in [0.1, 0.15) is 24.8 Å². The summed E-state index contributed by atoms with van der Waals surface area (Å²) in [6.45, 7) is 3.63. The van der Waals surface area contributed by atoms with Gasteiger partial charge in [-0.05, 0) is 58.6 Å². The van der Waals surface area contributed by atoms with Gasteiger partial charge in [-0.1, -0.05) is 0 Å². The molecule has 5 heteroatoms. The van der Waals surface area contributed by atoms with Gasteiger partial charge in [0.15, 0.2) is 0 Å². The average Bonchev–Trinajstić information content (AvgIpc) is 2.77. The monoisotopic (exact) mass is 338 g/mol. The second-order valence-corrected chi connectivity index (χ2v) is 6.06. The first-order valence-corrected chi connectivity index (χ1v) is 7.60. The van der Waals surface area contributed by atoms with Crippen molar-refractivity contribution < 1.29 is 4.79 Å². The minimum absolute atomic E-state index is 0.0587. The first-order chi connectivity index (χ1) is 9.06. The Morgan fingerprint density at radius 3 is 2.37 bits per heavy atom. The highest BCUT2D eigenvalue weighted by Crippen LogP contribution is 2.31. The fraction of sp³-hybridized carbons (Fsp3) is 0.214. The molecule has 1 unspecified atom stereocenters. The molecule has 1 amide bonds. The Morgan fingerprint density at radius 2 is 1.84 bits per heavy atom. The van der Waals surface area contributed by atoms with Crippen molar-refractivity contribution in [1.82, 2.24) is 0 Å². The largest absolute Gasteiger partial charge is 0.378 e. The maximum Gasteiger partial charge on any atom is 0.221 e. The zero-order valence-corrected chi connectivity index (χ0v) is 13.1. The second-order valence-electron chi connectivity index (χ2n) is 4.26. The molecule has 3 nitrogen and oxygen atoms in total. The molecule has 0 aliphatic rings. The lowest BCUT2D eigenvalue weighted by atomic mass is 10.2. The predicted molar refractivity (Wildman–Crippen MR) is 84.8 cm³/mol. The quantitative estimate of drug-likeness (QED) is 0.852. The van der Waals surface area contributed by atoms with Crippen molar-refractivity contribution in [3.8, 4) is 0 Å². The number of anilines is 2. The molecule has 0 saturated heterocycles. The number of rotatable bonds is 4. The predicted octanol–water partition coefficient (Wildman–Crippen LogP) is 4.64. The molecule has 0 saturated carbocycles. The number of benzene rings is 1. The Kier molecular flexibility index (Phi) is 4.61. The molecule has 1 aromatic heterocycles.